The van der Waals surface area contributed by atoms with Crippen LogP contribution in [0.3, 0.4) is 0 Å². The fourth-order valence-corrected chi connectivity index (χ4v) is 11.8. The van der Waals surface area contributed by atoms with Gasteiger partial charge in [-0.3, -0.25) is 24.0 Å². The van der Waals surface area contributed by atoms with Crippen molar-refractivity contribution in [2.75, 3.05) is 57.3 Å². The Morgan fingerprint density at radius 1 is 0.779 bits per heavy atom. The number of likely N-dealkylation sites (tertiary alicyclic amines) is 1. The number of carbonyl (C=O) groups is 5. The fraction of sp³-hybridized carbons (Fsp3) is 0.586. The molecule has 77 heavy (non-hydrogen) atoms. The van der Waals surface area contributed by atoms with E-state index in [0.717, 1.165) is 83.6 Å². The largest absolute Gasteiger partial charge is 0.391 e. The second-order valence-electron chi connectivity index (χ2n) is 22.3. The van der Waals surface area contributed by atoms with Crippen LogP contribution in [0.15, 0.2) is 60.4 Å². The van der Waals surface area contributed by atoms with Crippen molar-refractivity contribution in [1.29, 1.82) is 0 Å². The molecular formula is C58H81ClN10O7S. The molecule has 7 unspecified atom stereocenters. The van der Waals surface area contributed by atoms with E-state index in [2.05, 4.69) is 48.0 Å². The van der Waals surface area contributed by atoms with Crippen LogP contribution in [0.25, 0.3) is 10.4 Å². The molecule has 2 aliphatic heterocycles. The molecule has 2 saturated heterocycles. The molecule has 5 amide bonds. The van der Waals surface area contributed by atoms with Crippen LogP contribution in [-0.2, 0) is 24.0 Å². The Bertz CT molecular complexity index is 2600. The predicted molar refractivity (Wildman–Crippen MR) is 301 cm³/mol. The maximum Gasteiger partial charge on any atom is 0.246 e. The Morgan fingerprint density at radius 2 is 1.42 bits per heavy atom. The summed E-state index contributed by atoms with van der Waals surface area (Å²) in [5.41, 5.74) is 6.72. The number of nitrogens with one attached hydrogen (secondary N) is 4. The van der Waals surface area contributed by atoms with Gasteiger partial charge in [0.2, 0.25) is 29.5 Å². The molecular weight excluding hydrogens is 1020 g/mol. The Balaban J connectivity index is 0.740. The summed E-state index contributed by atoms with van der Waals surface area (Å²) in [6.07, 6.45) is 9.02. The van der Waals surface area contributed by atoms with Crippen LogP contribution in [0.5, 0.6) is 0 Å². The van der Waals surface area contributed by atoms with Gasteiger partial charge in [0.15, 0.2) is 0 Å². The number of amides is 5. The van der Waals surface area contributed by atoms with Crippen molar-refractivity contribution >= 4 is 58.3 Å². The van der Waals surface area contributed by atoms with E-state index in [1.165, 1.54) is 11.2 Å². The molecule has 0 bridgehead atoms. The molecule has 1 aliphatic carbocycles. The highest BCUT2D eigenvalue weighted by Crippen LogP contribution is 2.43. The normalized spacial score (nSPS) is 19.6. The number of anilines is 1. The average molecular weight is 1100 g/mol. The molecule has 0 saturated carbocycles. The van der Waals surface area contributed by atoms with Crippen LogP contribution in [0.4, 0.5) is 5.82 Å². The van der Waals surface area contributed by atoms with E-state index in [-0.39, 0.29) is 60.9 Å². The molecule has 0 radical (unpaired) electrons. The number of halogens is 1. The number of nitrogens with zero attached hydrogens (tertiary/aromatic N) is 6. The van der Waals surface area contributed by atoms with E-state index >= 15 is 0 Å². The molecule has 7 atom stereocenters. The summed E-state index contributed by atoms with van der Waals surface area (Å²) in [6, 6.07) is 13.3. The van der Waals surface area contributed by atoms with Gasteiger partial charge >= 0.3 is 0 Å². The highest BCUT2D eigenvalue weighted by Gasteiger charge is 2.45. The standard InChI is InChI=1S/C58H81ClN10O7S/c1-37-31-47(71)51-50(37)54(63-35-62-51)67-27-29-68(30-28-67)56(75)45(41-21-23-43(59)24-22-41)33-60-25-26-61-48(72)15-13-11-9-7-8-10-12-14-16-49(73)66-53(58(4,5)6)57(76)69-34-44(70)32-46(69)55(74)65-38(2)40-17-19-42(20-18-40)52-39(3)64-36-77-52/h17-24,35-38,44-47,53,60,70-71H,7-16,25-34H2,1-6H3,(H,61,72)(H,65,74)(H,66,73). The number of aliphatic hydroxyl groups is 2. The maximum absolute atomic E-state index is 14.1. The smallest absolute Gasteiger partial charge is 0.246 e. The van der Waals surface area contributed by atoms with Crippen molar-refractivity contribution < 1.29 is 34.2 Å². The fourth-order valence-electron chi connectivity index (χ4n) is 10.9. The molecule has 0 spiro atoms. The molecule has 7 rings (SSSR count). The van der Waals surface area contributed by atoms with Gasteiger partial charge in [-0.2, -0.15) is 0 Å². The van der Waals surface area contributed by atoms with Gasteiger partial charge in [-0.1, -0.05) is 114 Å². The van der Waals surface area contributed by atoms with Crippen molar-refractivity contribution in [1.82, 2.24) is 46.0 Å². The second-order valence-corrected chi connectivity index (χ2v) is 23.6. The lowest BCUT2D eigenvalue weighted by Gasteiger charge is -2.38. The molecule has 2 fully saturated rings. The number of aliphatic hydroxyl groups excluding tert-OH is 2. The van der Waals surface area contributed by atoms with Crippen LogP contribution in [-0.4, -0.2) is 135 Å². The highest BCUT2D eigenvalue weighted by atomic mass is 35.5. The molecule has 2 aromatic carbocycles. The third-order valence-corrected chi connectivity index (χ3v) is 16.6. The first-order valence-corrected chi connectivity index (χ1v) is 29.0. The summed E-state index contributed by atoms with van der Waals surface area (Å²) in [7, 11) is 0. The van der Waals surface area contributed by atoms with Crippen LogP contribution >= 0.6 is 22.9 Å². The van der Waals surface area contributed by atoms with Gasteiger partial charge in [0.05, 0.1) is 45.9 Å². The number of aryl methyl sites for hydroxylation is 1. The van der Waals surface area contributed by atoms with Gasteiger partial charge < -0.3 is 46.2 Å². The van der Waals surface area contributed by atoms with E-state index in [4.69, 9.17) is 11.6 Å². The summed E-state index contributed by atoms with van der Waals surface area (Å²) < 4.78 is 0. The summed E-state index contributed by atoms with van der Waals surface area (Å²) in [6.45, 7) is 15.4. The summed E-state index contributed by atoms with van der Waals surface area (Å²) in [4.78, 5) is 87.7. The third kappa shape index (κ3) is 16.1. The Morgan fingerprint density at radius 3 is 2.05 bits per heavy atom. The number of fused-ring (bicyclic) bond motifs is 1. The van der Waals surface area contributed by atoms with Gasteiger partial charge in [0.25, 0.3) is 0 Å². The molecule has 4 aromatic rings. The molecule has 6 N–H and O–H groups in total. The molecule has 4 heterocycles. The number of aromatic nitrogens is 3. The lowest BCUT2D eigenvalue weighted by atomic mass is 9.85. The predicted octanol–water partition coefficient (Wildman–Crippen LogP) is 7.51. The molecule has 3 aliphatic rings. The van der Waals surface area contributed by atoms with Gasteiger partial charge in [-0.15, -0.1) is 11.3 Å². The minimum atomic E-state index is -0.871. The summed E-state index contributed by atoms with van der Waals surface area (Å²) in [5, 5.41) is 34.2. The lowest BCUT2D eigenvalue weighted by Crippen LogP contribution is -2.57. The van der Waals surface area contributed by atoms with E-state index in [1.54, 1.807) is 23.5 Å². The first kappa shape index (κ1) is 59.1. The van der Waals surface area contributed by atoms with E-state index in [9.17, 15) is 34.2 Å². The van der Waals surface area contributed by atoms with Crippen molar-refractivity contribution in [3.63, 3.8) is 0 Å². The molecule has 418 valence electrons. The van der Waals surface area contributed by atoms with Crippen LogP contribution in [0.1, 0.15) is 164 Å². The summed E-state index contributed by atoms with van der Waals surface area (Å²) in [5.74, 6) is -0.283. The Hall–Kier alpha value is -5.53. The second kappa shape index (κ2) is 27.9. The number of hydrogen-bond acceptors (Lipinski definition) is 13. The number of unbranched alkanes of at least 4 members (excludes halogenated alkanes) is 7. The lowest BCUT2D eigenvalue weighted by molar-refractivity contribution is -0.144. The molecule has 2 aromatic heterocycles. The number of hydrogen-bond donors (Lipinski definition) is 6. The third-order valence-electron chi connectivity index (χ3n) is 15.3. The number of piperazine rings is 1. The topological polar surface area (TPSA) is 222 Å². The first-order chi connectivity index (χ1) is 36.9. The van der Waals surface area contributed by atoms with E-state index in [1.807, 2.05) is 81.4 Å². The van der Waals surface area contributed by atoms with Crippen LogP contribution < -0.4 is 26.2 Å². The number of rotatable bonds is 25. The Kier molecular flexibility index (Phi) is 21.4. The number of β-amino-alcohol motifs (C(OH)–C–C–N with tert-alkyl or cyclic N) is 1. The van der Waals surface area contributed by atoms with Gasteiger partial charge in [-0.05, 0) is 73.3 Å². The Labute approximate surface area is 463 Å². The van der Waals surface area contributed by atoms with Crippen LogP contribution in [0.2, 0.25) is 5.02 Å². The van der Waals surface area contributed by atoms with Gasteiger partial charge in [-0.25, -0.2) is 15.0 Å². The van der Waals surface area contributed by atoms with Crippen molar-refractivity contribution in [3.05, 3.63) is 93.5 Å². The van der Waals surface area contributed by atoms with Gasteiger partial charge in [0.1, 0.15) is 24.2 Å². The van der Waals surface area contributed by atoms with Gasteiger partial charge in [0, 0.05) is 82.2 Å². The number of benzene rings is 2. The minimum absolute atomic E-state index is 0.0103. The SMILES string of the molecule is Cc1ncsc1-c1ccc(C(C)NC(=O)C2CC(O)CN2C(=O)C(NC(=O)CCCCCCCCCCC(=O)NCCNCC(C(=O)N2CCN(c3ncnc4c3C(C)CC4O)CC2)c2ccc(Cl)cc2)C(C)(C)C)cc1. The quantitative estimate of drug-likeness (QED) is 0.0355. The summed E-state index contributed by atoms with van der Waals surface area (Å²) >= 11 is 7.79. The highest BCUT2D eigenvalue weighted by molar-refractivity contribution is 7.13. The maximum atomic E-state index is 14.1. The van der Waals surface area contributed by atoms with Crippen molar-refractivity contribution in [2.24, 2.45) is 5.41 Å². The van der Waals surface area contributed by atoms with Crippen molar-refractivity contribution in [3.8, 4) is 10.4 Å². The van der Waals surface area contributed by atoms with E-state index in [0.29, 0.717) is 75.8 Å². The number of thiazole rings is 1. The first-order valence-electron chi connectivity index (χ1n) is 27.8. The molecule has 19 heteroatoms. The van der Waals surface area contributed by atoms with E-state index < -0.39 is 35.6 Å². The minimum Gasteiger partial charge on any atom is -0.391 e. The zero-order valence-corrected chi connectivity index (χ0v) is 47.4. The average Bonchev–Trinajstić information content (AvgIpc) is 4.15. The number of carbonyl (C=O) groups excluding carboxylic acids is 5. The molecule has 17 nitrogen and oxygen atoms in total. The van der Waals surface area contributed by atoms with Crippen molar-refractivity contribution in [2.45, 2.75) is 161 Å². The monoisotopic (exact) mass is 1100 g/mol. The van der Waals surface area contributed by atoms with Crippen LogP contribution in [0, 0.1) is 12.3 Å². The zero-order chi connectivity index (χ0) is 55.2. The zero-order valence-electron chi connectivity index (χ0n) is 45.9.